The van der Waals surface area contributed by atoms with Crippen molar-refractivity contribution < 1.29 is 4.79 Å². The standard InChI is InChI=1S/C31H40N4O/c1-23(2)27-16-11-17-28(24(3)4)29(27)34-30(36)33-22-31(18-9-6-10-19-31)35(25-13-7-5-8-14-25)26-15-12-20-32-21-26/h5,7-8,11-17,20-21,23-24H,6,9-10,18-19,22H2,1-4H3,(H2,33,34,36). The number of amides is 2. The van der Waals surface area contributed by atoms with Crippen molar-refractivity contribution in [3.8, 4) is 0 Å². The Hall–Kier alpha value is -3.34. The fraction of sp³-hybridized carbons (Fsp3) is 0.419. The molecule has 0 bridgehead atoms. The first-order valence-electron chi connectivity index (χ1n) is 13.3. The van der Waals surface area contributed by atoms with Crippen LogP contribution in [0.4, 0.5) is 21.9 Å². The Kier molecular flexibility index (Phi) is 8.29. The second-order valence-electron chi connectivity index (χ2n) is 10.6. The van der Waals surface area contributed by atoms with Crippen LogP contribution in [0.5, 0.6) is 0 Å². The van der Waals surface area contributed by atoms with Crippen molar-refractivity contribution in [2.24, 2.45) is 0 Å². The van der Waals surface area contributed by atoms with E-state index < -0.39 is 0 Å². The quantitative estimate of drug-likeness (QED) is 0.341. The van der Waals surface area contributed by atoms with Crippen molar-refractivity contribution >= 4 is 23.1 Å². The van der Waals surface area contributed by atoms with Gasteiger partial charge in [-0.2, -0.15) is 0 Å². The fourth-order valence-electron chi connectivity index (χ4n) is 5.55. The van der Waals surface area contributed by atoms with Crippen LogP contribution >= 0.6 is 0 Å². The summed E-state index contributed by atoms with van der Waals surface area (Å²) in [6.07, 6.45) is 9.26. The summed E-state index contributed by atoms with van der Waals surface area (Å²) in [7, 11) is 0. The van der Waals surface area contributed by atoms with Gasteiger partial charge in [0.2, 0.25) is 0 Å². The molecule has 1 aliphatic carbocycles. The second-order valence-corrected chi connectivity index (χ2v) is 10.6. The van der Waals surface area contributed by atoms with Crippen LogP contribution in [0.2, 0.25) is 0 Å². The van der Waals surface area contributed by atoms with Gasteiger partial charge >= 0.3 is 6.03 Å². The van der Waals surface area contributed by atoms with E-state index in [2.05, 4.69) is 96.7 Å². The van der Waals surface area contributed by atoms with Gasteiger partial charge in [0, 0.05) is 24.1 Å². The number of benzene rings is 2. The van der Waals surface area contributed by atoms with Gasteiger partial charge in [0.1, 0.15) is 0 Å². The van der Waals surface area contributed by atoms with Gasteiger partial charge in [0.15, 0.2) is 0 Å². The van der Waals surface area contributed by atoms with Crippen molar-refractivity contribution in [3.05, 3.63) is 84.2 Å². The Morgan fingerprint density at radius 3 is 2.08 bits per heavy atom. The van der Waals surface area contributed by atoms with Crippen LogP contribution < -0.4 is 15.5 Å². The van der Waals surface area contributed by atoms with Crippen LogP contribution in [0.3, 0.4) is 0 Å². The fourth-order valence-corrected chi connectivity index (χ4v) is 5.55. The zero-order valence-corrected chi connectivity index (χ0v) is 22.1. The lowest BCUT2D eigenvalue weighted by molar-refractivity contribution is 0.240. The summed E-state index contributed by atoms with van der Waals surface area (Å²) in [5, 5.41) is 6.52. The summed E-state index contributed by atoms with van der Waals surface area (Å²) in [6.45, 7) is 9.25. The number of para-hydroxylation sites is 2. The van der Waals surface area contributed by atoms with Gasteiger partial charge in [0.05, 0.1) is 17.4 Å². The molecule has 2 N–H and O–H groups in total. The van der Waals surface area contributed by atoms with Gasteiger partial charge in [0.25, 0.3) is 0 Å². The minimum absolute atomic E-state index is 0.144. The maximum absolute atomic E-state index is 13.4. The lowest BCUT2D eigenvalue weighted by atomic mass is 9.79. The van der Waals surface area contributed by atoms with Gasteiger partial charge in [-0.15, -0.1) is 0 Å². The van der Waals surface area contributed by atoms with Crippen molar-refractivity contribution in [1.29, 1.82) is 0 Å². The molecule has 3 aromatic rings. The number of aromatic nitrogens is 1. The molecule has 1 heterocycles. The Labute approximate surface area is 216 Å². The maximum Gasteiger partial charge on any atom is 0.319 e. The first-order valence-corrected chi connectivity index (χ1v) is 13.3. The minimum atomic E-state index is -0.224. The van der Waals surface area contributed by atoms with E-state index in [9.17, 15) is 4.79 Å². The summed E-state index contributed by atoms with van der Waals surface area (Å²) in [4.78, 5) is 20.2. The number of nitrogens with one attached hydrogen (secondary N) is 2. The topological polar surface area (TPSA) is 57.3 Å². The summed E-state index contributed by atoms with van der Waals surface area (Å²) in [6, 6.07) is 20.8. The predicted molar refractivity (Wildman–Crippen MR) is 150 cm³/mol. The van der Waals surface area contributed by atoms with E-state index in [1.165, 1.54) is 17.5 Å². The van der Waals surface area contributed by atoms with Crippen LogP contribution in [-0.2, 0) is 0 Å². The largest absolute Gasteiger partial charge is 0.335 e. The molecule has 1 fully saturated rings. The van der Waals surface area contributed by atoms with Crippen LogP contribution in [-0.4, -0.2) is 23.1 Å². The molecule has 5 heteroatoms. The number of hydrogen-bond acceptors (Lipinski definition) is 3. The molecule has 1 aliphatic rings. The van der Waals surface area contributed by atoms with Gasteiger partial charge in [-0.1, -0.05) is 83.4 Å². The number of anilines is 3. The van der Waals surface area contributed by atoms with Gasteiger partial charge < -0.3 is 15.5 Å². The molecule has 0 aliphatic heterocycles. The number of hydrogen-bond donors (Lipinski definition) is 2. The second kappa shape index (κ2) is 11.6. The zero-order valence-electron chi connectivity index (χ0n) is 22.1. The van der Waals surface area contributed by atoms with Crippen molar-refractivity contribution in [3.63, 3.8) is 0 Å². The summed E-state index contributed by atoms with van der Waals surface area (Å²) < 4.78 is 0. The zero-order chi connectivity index (χ0) is 25.5. The van der Waals surface area contributed by atoms with E-state index in [-0.39, 0.29) is 11.6 Å². The molecule has 36 heavy (non-hydrogen) atoms. The minimum Gasteiger partial charge on any atom is -0.335 e. The Morgan fingerprint density at radius 1 is 0.861 bits per heavy atom. The molecule has 0 radical (unpaired) electrons. The third-order valence-electron chi connectivity index (χ3n) is 7.37. The van der Waals surface area contributed by atoms with Crippen LogP contribution in [0, 0.1) is 0 Å². The average molecular weight is 485 g/mol. The number of nitrogens with zero attached hydrogens (tertiary/aromatic N) is 2. The third kappa shape index (κ3) is 5.72. The lowest BCUT2D eigenvalue weighted by Crippen LogP contribution is -2.55. The van der Waals surface area contributed by atoms with E-state index in [0.29, 0.717) is 18.4 Å². The van der Waals surface area contributed by atoms with Crippen LogP contribution in [0.1, 0.15) is 82.8 Å². The summed E-state index contributed by atoms with van der Waals surface area (Å²) in [5.41, 5.74) is 5.25. The first kappa shape index (κ1) is 25.7. The highest BCUT2D eigenvalue weighted by Gasteiger charge is 2.39. The molecule has 2 aromatic carbocycles. The van der Waals surface area contributed by atoms with Gasteiger partial charge in [-0.25, -0.2) is 4.79 Å². The Bertz CT molecular complexity index is 1060. The first-order chi connectivity index (χ1) is 17.4. The molecule has 190 valence electrons. The number of pyridine rings is 1. The number of rotatable bonds is 8. The summed E-state index contributed by atoms with van der Waals surface area (Å²) >= 11 is 0. The number of carbonyl (C=O) groups is 1. The monoisotopic (exact) mass is 484 g/mol. The maximum atomic E-state index is 13.4. The van der Waals surface area contributed by atoms with Gasteiger partial charge in [-0.05, 0) is 60.1 Å². The molecule has 4 rings (SSSR count). The van der Waals surface area contributed by atoms with E-state index in [1.807, 2.05) is 24.5 Å². The number of urea groups is 1. The SMILES string of the molecule is CC(C)c1cccc(C(C)C)c1NC(=O)NCC1(N(c2ccccc2)c2cccnc2)CCCCC1. The smallest absolute Gasteiger partial charge is 0.319 e. The normalized spacial score (nSPS) is 15.1. The Morgan fingerprint density at radius 2 is 1.50 bits per heavy atom. The number of carbonyl (C=O) groups excluding carboxylic acids is 1. The lowest BCUT2D eigenvalue weighted by Gasteiger charge is -2.48. The highest BCUT2D eigenvalue weighted by molar-refractivity contribution is 5.91. The molecule has 0 saturated heterocycles. The van der Waals surface area contributed by atoms with E-state index in [0.717, 1.165) is 42.7 Å². The third-order valence-corrected chi connectivity index (χ3v) is 7.37. The van der Waals surface area contributed by atoms with Crippen LogP contribution in [0.25, 0.3) is 0 Å². The molecule has 1 saturated carbocycles. The highest BCUT2D eigenvalue weighted by atomic mass is 16.2. The summed E-state index contributed by atoms with van der Waals surface area (Å²) in [5.74, 6) is 0.644. The van der Waals surface area contributed by atoms with Crippen LogP contribution in [0.15, 0.2) is 73.1 Å². The van der Waals surface area contributed by atoms with Gasteiger partial charge in [-0.3, -0.25) is 4.98 Å². The van der Waals surface area contributed by atoms with Crippen molar-refractivity contribution in [2.75, 3.05) is 16.8 Å². The van der Waals surface area contributed by atoms with E-state index in [4.69, 9.17) is 0 Å². The van der Waals surface area contributed by atoms with E-state index in [1.54, 1.807) is 0 Å². The highest BCUT2D eigenvalue weighted by Crippen LogP contribution is 2.41. The molecule has 2 amide bonds. The molecular weight excluding hydrogens is 444 g/mol. The Balaban J connectivity index is 1.63. The molecule has 1 aromatic heterocycles. The average Bonchev–Trinajstić information content (AvgIpc) is 2.89. The van der Waals surface area contributed by atoms with E-state index >= 15 is 0 Å². The molecule has 0 spiro atoms. The van der Waals surface area contributed by atoms with Crippen molar-refractivity contribution in [1.82, 2.24) is 10.3 Å². The molecule has 5 nitrogen and oxygen atoms in total. The van der Waals surface area contributed by atoms with Crippen molar-refractivity contribution in [2.45, 2.75) is 77.2 Å². The molecular formula is C31H40N4O. The molecule has 0 unspecified atom stereocenters. The predicted octanol–water partition coefficient (Wildman–Crippen LogP) is 7.99. The molecule has 0 atom stereocenters.